The standard InChI is InChI=1S/C18H23ClN2O4/c1-10(2)7-14(18(24)25)20-17(23)13-9-15(22)21(3)16(13)11-5-4-6-12(19)8-11/h4-6,8,10,13-14,16H,7,9H2,1-3H3,(H,20,23)(H,24,25)/t13?,14-,16?/m1/s1. The Morgan fingerprint density at radius 2 is 2.08 bits per heavy atom. The van der Waals surface area contributed by atoms with E-state index in [-0.39, 0.29) is 18.2 Å². The number of carboxylic acid groups (broad SMARTS) is 1. The number of carboxylic acids is 1. The van der Waals surface area contributed by atoms with Crippen LogP contribution in [0.15, 0.2) is 24.3 Å². The Kier molecular flexibility index (Phi) is 6.06. The molecule has 1 aliphatic heterocycles. The van der Waals surface area contributed by atoms with Gasteiger partial charge in [-0.3, -0.25) is 9.59 Å². The number of halogens is 1. The molecule has 0 bridgehead atoms. The van der Waals surface area contributed by atoms with Crippen molar-refractivity contribution in [3.8, 4) is 0 Å². The Morgan fingerprint density at radius 3 is 2.64 bits per heavy atom. The van der Waals surface area contributed by atoms with Crippen molar-refractivity contribution in [3.05, 3.63) is 34.9 Å². The molecule has 0 saturated carbocycles. The molecule has 136 valence electrons. The van der Waals surface area contributed by atoms with Crippen molar-refractivity contribution < 1.29 is 19.5 Å². The minimum Gasteiger partial charge on any atom is -0.480 e. The van der Waals surface area contributed by atoms with Gasteiger partial charge in [0, 0.05) is 18.5 Å². The summed E-state index contributed by atoms with van der Waals surface area (Å²) in [5, 5.41) is 12.4. The summed E-state index contributed by atoms with van der Waals surface area (Å²) in [5.74, 6) is -2.17. The highest BCUT2D eigenvalue weighted by Gasteiger charge is 2.43. The van der Waals surface area contributed by atoms with Crippen molar-refractivity contribution >= 4 is 29.4 Å². The van der Waals surface area contributed by atoms with Gasteiger partial charge in [0.2, 0.25) is 11.8 Å². The van der Waals surface area contributed by atoms with Gasteiger partial charge in [-0.25, -0.2) is 4.79 Å². The van der Waals surface area contributed by atoms with Gasteiger partial charge < -0.3 is 15.3 Å². The summed E-state index contributed by atoms with van der Waals surface area (Å²) in [6.45, 7) is 3.79. The summed E-state index contributed by atoms with van der Waals surface area (Å²) in [5.41, 5.74) is 0.761. The number of aliphatic carboxylic acids is 1. The highest BCUT2D eigenvalue weighted by atomic mass is 35.5. The van der Waals surface area contributed by atoms with Gasteiger partial charge in [0.15, 0.2) is 0 Å². The van der Waals surface area contributed by atoms with Crippen molar-refractivity contribution in [1.29, 1.82) is 0 Å². The number of amides is 2. The lowest BCUT2D eigenvalue weighted by atomic mass is 9.92. The van der Waals surface area contributed by atoms with E-state index in [1.165, 1.54) is 4.90 Å². The number of hydrogen-bond acceptors (Lipinski definition) is 3. The third-order valence-electron chi connectivity index (χ3n) is 4.43. The zero-order valence-electron chi connectivity index (χ0n) is 14.5. The lowest BCUT2D eigenvalue weighted by Crippen LogP contribution is -2.45. The maximum atomic E-state index is 12.7. The Hall–Kier alpha value is -2.08. The second kappa shape index (κ2) is 7.87. The first-order chi connectivity index (χ1) is 11.7. The molecule has 0 radical (unpaired) electrons. The second-order valence-corrected chi connectivity index (χ2v) is 7.28. The molecular formula is C18H23ClN2O4. The number of benzene rings is 1. The molecule has 0 spiro atoms. The van der Waals surface area contributed by atoms with Gasteiger partial charge in [-0.05, 0) is 30.0 Å². The van der Waals surface area contributed by atoms with E-state index in [4.69, 9.17) is 11.6 Å². The van der Waals surface area contributed by atoms with Crippen LogP contribution >= 0.6 is 11.6 Å². The van der Waals surface area contributed by atoms with Crippen LogP contribution in [0.1, 0.15) is 38.3 Å². The minimum absolute atomic E-state index is 0.0491. The molecule has 1 aromatic rings. The fourth-order valence-electron chi connectivity index (χ4n) is 3.22. The summed E-state index contributed by atoms with van der Waals surface area (Å²) >= 11 is 6.04. The average Bonchev–Trinajstić information content (AvgIpc) is 2.81. The number of nitrogens with zero attached hydrogens (tertiary/aromatic N) is 1. The van der Waals surface area contributed by atoms with Gasteiger partial charge in [0.25, 0.3) is 0 Å². The van der Waals surface area contributed by atoms with Crippen molar-refractivity contribution in [3.63, 3.8) is 0 Å². The van der Waals surface area contributed by atoms with Crippen LogP contribution in [0.5, 0.6) is 0 Å². The van der Waals surface area contributed by atoms with E-state index in [1.807, 2.05) is 19.9 Å². The molecule has 2 rings (SSSR count). The molecule has 1 heterocycles. The van der Waals surface area contributed by atoms with E-state index in [0.717, 1.165) is 5.56 Å². The number of hydrogen-bond donors (Lipinski definition) is 2. The van der Waals surface area contributed by atoms with Crippen LogP contribution in [0.3, 0.4) is 0 Å². The largest absolute Gasteiger partial charge is 0.480 e. The SMILES string of the molecule is CC(C)C[C@@H](NC(=O)C1CC(=O)N(C)C1c1cccc(Cl)c1)C(=O)O. The Balaban J connectivity index is 2.24. The van der Waals surface area contributed by atoms with Crippen LogP contribution in [0.25, 0.3) is 0 Å². The van der Waals surface area contributed by atoms with Gasteiger partial charge in [0.05, 0.1) is 12.0 Å². The van der Waals surface area contributed by atoms with Crippen LogP contribution < -0.4 is 5.32 Å². The van der Waals surface area contributed by atoms with Gasteiger partial charge in [-0.15, -0.1) is 0 Å². The zero-order valence-corrected chi connectivity index (χ0v) is 15.3. The number of carbonyl (C=O) groups excluding carboxylic acids is 2. The monoisotopic (exact) mass is 366 g/mol. The second-order valence-electron chi connectivity index (χ2n) is 6.84. The first-order valence-electron chi connectivity index (χ1n) is 8.25. The first kappa shape index (κ1) is 19.2. The highest BCUT2D eigenvalue weighted by Crippen LogP contribution is 2.38. The smallest absolute Gasteiger partial charge is 0.326 e. The fraction of sp³-hybridized carbons (Fsp3) is 0.500. The van der Waals surface area contributed by atoms with Crippen molar-refractivity contribution in [2.24, 2.45) is 11.8 Å². The van der Waals surface area contributed by atoms with E-state index in [2.05, 4.69) is 5.32 Å². The van der Waals surface area contributed by atoms with E-state index >= 15 is 0 Å². The molecule has 1 aliphatic rings. The van der Waals surface area contributed by atoms with E-state index in [9.17, 15) is 19.5 Å². The summed E-state index contributed by atoms with van der Waals surface area (Å²) in [4.78, 5) is 37.8. The molecule has 0 aromatic heterocycles. The fourth-order valence-corrected chi connectivity index (χ4v) is 3.42. The van der Waals surface area contributed by atoms with Crippen LogP contribution in [0.2, 0.25) is 5.02 Å². The van der Waals surface area contributed by atoms with E-state index < -0.39 is 29.9 Å². The van der Waals surface area contributed by atoms with Crippen molar-refractivity contribution in [1.82, 2.24) is 10.2 Å². The number of carbonyl (C=O) groups is 3. The molecule has 6 nitrogen and oxygen atoms in total. The first-order valence-corrected chi connectivity index (χ1v) is 8.62. The summed E-state index contributed by atoms with van der Waals surface area (Å²) in [7, 11) is 1.64. The molecule has 1 aromatic carbocycles. The zero-order chi connectivity index (χ0) is 18.7. The quantitative estimate of drug-likeness (QED) is 0.809. The van der Waals surface area contributed by atoms with Crippen LogP contribution in [0, 0.1) is 11.8 Å². The Labute approximate surface area is 152 Å². The predicted molar refractivity (Wildman–Crippen MR) is 94.1 cm³/mol. The third kappa shape index (κ3) is 4.51. The van der Waals surface area contributed by atoms with E-state index in [1.54, 1.807) is 25.2 Å². The predicted octanol–water partition coefficient (Wildman–Crippen LogP) is 2.47. The Morgan fingerprint density at radius 1 is 1.40 bits per heavy atom. The molecule has 0 aliphatic carbocycles. The third-order valence-corrected chi connectivity index (χ3v) is 4.67. The summed E-state index contributed by atoms with van der Waals surface area (Å²) < 4.78 is 0. The Bertz CT molecular complexity index is 677. The van der Waals surface area contributed by atoms with Gasteiger partial charge in [0.1, 0.15) is 6.04 Å². The lowest BCUT2D eigenvalue weighted by molar-refractivity contribution is -0.143. The lowest BCUT2D eigenvalue weighted by Gasteiger charge is -2.26. The molecule has 25 heavy (non-hydrogen) atoms. The van der Waals surface area contributed by atoms with Crippen molar-refractivity contribution in [2.75, 3.05) is 7.05 Å². The van der Waals surface area contributed by atoms with Gasteiger partial charge >= 0.3 is 5.97 Å². The number of nitrogens with one attached hydrogen (secondary N) is 1. The molecule has 2 N–H and O–H groups in total. The van der Waals surface area contributed by atoms with Crippen LogP contribution in [0.4, 0.5) is 0 Å². The molecule has 7 heteroatoms. The molecule has 1 fully saturated rings. The normalized spacial score (nSPS) is 21.5. The van der Waals surface area contributed by atoms with Gasteiger partial charge in [-0.1, -0.05) is 37.6 Å². The summed E-state index contributed by atoms with van der Waals surface area (Å²) in [6.07, 6.45) is 0.382. The van der Waals surface area contributed by atoms with Crippen molar-refractivity contribution in [2.45, 2.75) is 38.8 Å². The van der Waals surface area contributed by atoms with Gasteiger partial charge in [-0.2, -0.15) is 0 Å². The molecule has 3 atom stereocenters. The topological polar surface area (TPSA) is 86.7 Å². The summed E-state index contributed by atoms with van der Waals surface area (Å²) in [6, 6.07) is 5.61. The highest BCUT2D eigenvalue weighted by molar-refractivity contribution is 6.30. The van der Waals surface area contributed by atoms with E-state index in [0.29, 0.717) is 11.4 Å². The number of likely N-dealkylation sites (tertiary alicyclic amines) is 1. The van der Waals surface area contributed by atoms with Crippen LogP contribution in [-0.2, 0) is 14.4 Å². The minimum atomic E-state index is -1.07. The maximum Gasteiger partial charge on any atom is 0.326 e. The molecular weight excluding hydrogens is 344 g/mol. The van der Waals surface area contributed by atoms with Crippen LogP contribution in [-0.4, -0.2) is 40.9 Å². The maximum absolute atomic E-state index is 12.7. The molecule has 2 unspecified atom stereocenters. The molecule has 2 amide bonds. The molecule has 1 saturated heterocycles. The average molecular weight is 367 g/mol. The number of rotatable bonds is 6.